The molecule has 70 heavy (non-hydrogen) atoms. The van der Waals surface area contributed by atoms with E-state index < -0.39 is 83.5 Å². The molecule has 15 nitrogen and oxygen atoms in total. The third-order valence-corrected chi connectivity index (χ3v) is 19.0. The Morgan fingerprint density at radius 1 is 0.443 bits per heavy atom. The molecule has 1 aliphatic rings. The number of ether oxygens (including phenoxy) is 3. The van der Waals surface area contributed by atoms with Crippen LogP contribution >= 0.6 is 15.6 Å². The lowest BCUT2D eigenvalue weighted by Gasteiger charge is -2.51. The van der Waals surface area contributed by atoms with Gasteiger partial charge >= 0.3 is 33.6 Å². The summed E-state index contributed by atoms with van der Waals surface area (Å²) >= 11 is 0. The fourth-order valence-corrected chi connectivity index (χ4v) is 11.1. The molecule has 0 aliphatic heterocycles. The maximum Gasteiger partial charge on any atom is 0.475 e. The van der Waals surface area contributed by atoms with E-state index in [0.717, 1.165) is 0 Å². The summed E-state index contributed by atoms with van der Waals surface area (Å²) in [6.45, 7) is 14.1. The number of esters is 3. The molecule has 0 heterocycles. The lowest BCUT2D eigenvalue weighted by molar-refractivity contribution is -0.240. The number of hydrogen-bond donors (Lipinski definition) is 0. The minimum atomic E-state index is -4.88. The quantitative estimate of drug-likeness (QED) is 0.0238. The van der Waals surface area contributed by atoms with Crippen LogP contribution in [0, 0.1) is 0 Å². The number of rotatable bonds is 27. The molecule has 4 aromatic carbocycles. The van der Waals surface area contributed by atoms with E-state index in [4.69, 9.17) is 45.8 Å². The summed E-state index contributed by atoms with van der Waals surface area (Å²) in [6.07, 6.45) is -9.52. The molecule has 0 radical (unpaired) electrons. The summed E-state index contributed by atoms with van der Waals surface area (Å²) in [6, 6.07) is 35.6. The van der Waals surface area contributed by atoms with Gasteiger partial charge in [0.2, 0.25) is 0 Å². The monoisotopic (exact) mass is 1020 g/mol. The zero-order valence-corrected chi connectivity index (χ0v) is 44.4. The van der Waals surface area contributed by atoms with E-state index >= 15 is 9.13 Å². The normalized spacial score (nSPS) is 19.8. The van der Waals surface area contributed by atoms with Gasteiger partial charge < -0.3 is 18.6 Å². The highest BCUT2D eigenvalue weighted by Gasteiger charge is 2.63. The van der Waals surface area contributed by atoms with Gasteiger partial charge in [0.15, 0.2) is 26.6 Å². The van der Waals surface area contributed by atoms with Crippen LogP contribution in [0.4, 0.5) is 0 Å². The first-order valence-corrected chi connectivity index (χ1v) is 29.8. The minimum absolute atomic E-state index is 0.0704. The van der Waals surface area contributed by atoms with Crippen molar-refractivity contribution < 1.29 is 69.3 Å². The second-order valence-electron chi connectivity index (χ2n) is 18.5. The second-order valence-corrected chi connectivity index (χ2v) is 26.5. The summed E-state index contributed by atoms with van der Waals surface area (Å²) in [5, 5.41) is -0.514. The molecule has 1 fully saturated rings. The number of phosphoric ester groups is 2. The van der Waals surface area contributed by atoms with E-state index in [9.17, 15) is 14.4 Å². The van der Waals surface area contributed by atoms with Gasteiger partial charge in [0, 0.05) is 19.3 Å². The molecule has 0 N–H and O–H groups in total. The van der Waals surface area contributed by atoms with E-state index in [2.05, 4.69) is 0 Å². The van der Waals surface area contributed by atoms with Crippen molar-refractivity contribution in [1.82, 2.24) is 0 Å². The first-order valence-electron chi connectivity index (χ1n) is 23.9. The minimum Gasteiger partial charge on any atom is -0.457 e. The zero-order chi connectivity index (χ0) is 50.8. The molecule has 0 bridgehead atoms. The van der Waals surface area contributed by atoms with Crippen LogP contribution in [-0.4, -0.2) is 62.8 Å². The predicted octanol–water partition coefficient (Wildman–Crippen LogP) is 12.4. The molecular formula is C52H70O15P2Si. The summed E-state index contributed by atoms with van der Waals surface area (Å²) in [4.78, 5) is 42.0. The molecule has 4 aromatic rings. The maximum atomic E-state index is 15.5. The Bertz CT molecular complexity index is 2080. The van der Waals surface area contributed by atoms with Crippen LogP contribution < -0.4 is 0 Å². The molecule has 1 saturated carbocycles. The van der Waals surface area contributed by atoms with Gasteiger partial charge in [-0.05, 0) is 59.6 Å². The Labute approximate surface area is 414 Å². The lowest BCUT2D eigenvalue weighted by Crippen LogP contribution is -2.69. The van der Waals surface area contributed by atoms with Crippen molar-refractivity contribution in [2.75, 3.05) is 0 Å². The second kappa shape index (κ2) is 26.9. The Morgan fingerprint density at radius 3 is 0.943 bits per heavy atom. The van der Waals surface area contributed by atoms with E-state index in [1.54, 1.807) is 118 Å². The van der Waals surface area contributed by atoms with E-state index in [-0.39, 0.29) is 45.7 Å². The Balaban J connectivity index is 1.78. The molecule has 0 saturated heterocycles. The highest BCUT2D eigenvalue weighted by Crippen LogP contribution is 2.58. The van der Waals surface area contributed by atoms with Crippen molar-refractivity contribution in [1.29, 1.82) is 0 Å². The smallest absolute Gasteiger partial charge is 0.457 e. The third kappa shape index (κ3) is 17.2. The largest absolute Gasteiger partial charge is 0.475 e. The maximum absolute atomic E-state index is 15.5. The van der Waals surface area contributed by atoms with Crippen molar-refractivity contribution in [3.63, 3.8) is 0 Å². The Hall–Kier alpha value is -4.31. The van der Waals surface area contributed by atoms with Crippen molar-refractivity contribution >= 4 is 41.9 Å². The van der Waals surface area contributed by atoms with Gasteiger partial charge in [-0.3, -0.25) is 41.5 Å². The van der Waals surface area contributed by atoms with Crippen LogP contribution in [0.2, 0.25) is 18.1 Å². The number of phosphoric acid groups is 2. The molecule has 0 aromatic heterocycles. The number of carbonyl (C=O) groups is 3. The third-order valence-electron chi connectivity index (χ3n) is 11.8. The molecule has 0 spiro atoms. The van der Waals surface area contributed by atoms with Crippen molar-refractivity contribution in [2.24, 2.45) is 0 Å². The summed E-state index contributed by atoms with van der Waals surface area (Å²) in [7, 11) is -12.8. The summed E-state index contributed by atoms with van der Waals surface area (Å²) < 4.78 is 95.1. The first-order chi connectivity index (χ1) is 33.4. The molecule has 0 amide bonds. The van der Waals surface area contributed by atoms with Crippen LogP contribution in [-0.2, 0) is 95.7 Å². The summed E-state index contributed by atoms with van der Waals surface area (Å²) in [5.74, 6) is -2.21. The van der Waals surface area contributed by atoms with Gasteiger partial charge in [0.1, 0.15) is 18.3 Å². The SMILES string of the molecule is CCCC(=O)OC1[C@@H](OP(=O)(OCc2ccccc2)OCc2ccccc2)[C@@H](OC(=O)CCC)C(O[Si](C)(C)C(C)(C)C)[C@H](OC(=O)CCC)[C@H]1OP(=O)(OCc1ccccc1)OCc1ccccc1. The molecule has 18 heteroatoms. The van der Waals surface area contributed by atoms with E-state index in [0.29, 0.717) is 41.5 Å². The lowest BCUT2D eigenvalue weighted by atomic mass is 9.84. The first kappa shape index (κ1) is 56.6. The van der Waals surface area contributed by atoms with Crippen molar-refractivity contribution in [3.8, 4) is 0 Å². The van der Waals surface area contributed by atoms with Gasteiger partial charge in [0.25, 0.3) is 0 Å². The highest BCUT2D eigenvalue weighted by molar-refractivity contribution is 7.48. The molecule has 1 aliphatic carbocycles. The fourth-order valence-electron chi connectivity index (χ4n) is 7.07. The van der Waals surface area contributed by atoms with Crippen molar-refractivity contribution in [3.05, 3.63) is 144 Å². The van der Waals surface area contributed by atoms with Crippen LogP contribution in [0.15, 0.2) is 121 Å². The average Bonchev–Trinajstić information content (AvgIpc) is 3.33. The topological polar surface area (TPSA) is 178 Å². The molecule has 5 rings (SSSR count). The van der Waals surface area contributed by atoms with Gasteiger partial charge in [-0.1, -0.05) is 163 Å². The van der Waals surface area contributed by atoms with Crippen LogP contribution in [0.5, 0.6) is 0 Å². The van der Waals surface area contributed by atoms with Gasteiger partial charge in [-0.25, -0.2) is 9.13 Å². The fraction of sp³-hybridized carbons (Fsp3) is 0.481. The number of hydrogen-bond acceptors (Lipinski definition) is 15. The van der Waals surface area contributed by atoms with Gasteiger partial charge in [0.05, 0.1) is 26.4 Å². The van der Waals surface area contributed by atoms with Crippen molar-refractivity contribution in [2.45, 2.75) is 161 Å². The molecule has 382 valence electrons. The summed E-state index contributed by atoms with van der Waals surface area (Å²) in [5.41, 5.74) is 2.46. The van der Waals surface area contributed by atoms with Gasteiger partial charge in [-0.2, -0.15) is 0 Å². The number of carbonyl (C=O) groups excluding carboxylic acids is 3. The zero-order valence-electron chi connectivity index (χ0n) is 41.6. The molecule has 6 atom stereocenters. The van der Waals surface area contributed by atoms with E-state index in [1.165, 1.54) is 0 Å². The standard InChI is InChI=1S/C52H70O15P2Si/c1-9-24-43(53)62-46-49(65-68(56,58-35-39-27-16-12-17-28-39)59-36-40-29-18-13-19-30-40)47(63-44(54)25-10-2)51(67-70(7,8)52(4,5)6)48(64-45(55)26-11-3)50(46)66-69(57,60-37-41-31-20-14-21-32-41)61-38-42-33-22-15-23-34-42/h12-23,27-34,46-51H,9-11,24-26,35-38H2,1-8H3/t46?,47-,48-,49-,50+,51?/m1/s1. The average molecular weight is 1030 g/mol. The van der Waals surface area contributed by atoms with Crippen LogP contribution in [0.3, 0.4) is 0 Å². The van der Waals surface area contributed by atoms with Crippen LogP contribution in [0.1, 0.15) is 102 Å². The molecular weight excluding hydrogens is 955 g/mol. The Morgan fingerprint density at radius 2 is 0.700 bits per heavy atom. The molecule has 2 unspecified atom stereocenters. The van der Waals surface area contributed by atoms with Gasteiger partial charge in [-0.15, -0.1) is 0 Å². The number of benzene rings is 4. The Kier molecular flexibility index (Phi) is 21.8. The highest BCUT2D eigenvalue weighted by atomic mass is 31.2. The predicted molar refractivity (Wildman–Crippen MR) is 266 cm³/mol. The van der Waals surface area contributed by atoms with Crippen LogP contribution in [0.25, 0.3) is 0 Å². The van der Waals surface area contributed by atoms with E-state index in [1.807, 2.05) is 58.1 Å².